The smallest absolute Gasteiger partial charge is 0.423 e. The molecule has 0 unspecified atom stereocenters. The van der Waals surface area contributed by atoms with Gasteiger partial charge in [-0.1, -0.05) is 50.5 Å². The first-order valence-corrected chi connectivity index (χ1v) is 6.40. The van der Waals surface area contributed by atoms with Gasteiger partial charge in [-0.15, -0.1) is 0 Å². The lowest BCUT2D eigenvalue weighted by Gasteiger charge is -2.09. The summed E-state index contributed by atoms with van der Waals surface area (Å²) in [5, 5.41) is 21.7. The second-order valence-electron chi connectivity index (χ2n) is 4.31. The van der Waals surface area contributed by atoms with Crippen molar-refractivity contribution >= 4 is 12.6 Å². The van der Waals surface area contributed by atoms with Crippen molar-refractivity contribution in [1.29, 1.82) is 0 Å². The molecule has 3 nitrogen and oxygen atoms in total. The molecular weight excluding hydrogens is 213 g/mol. The first kappa shape index (κ1) is 14.2. The lowest BCUT2D eigenvalue weighted by atomic mass is 9.77. The second-order valence-corrected chi connectivity index (χ2v) is 4.31. The number of hydrogen-bond donors (Lipinski definition) is 3. The summed E-state index contributed by atoms with van der Waals surface area (Å²) in [5.74, 6) is 0. The van der Waals surface area contributed by atoms with Gasteiger partial charge in [-0.2, -0.15) is 0 Å². The highest BCUT2D eigenvalue weighted by atomic mass is 16.4. The van der Waals surface area contributed by atoms with E-state index in [1.165, 1.54) is 25.7 Å². The summed E-state index contributed by atoms with van der Waals surface area (Å²) in [7, 11) is -1.38. The fraction of sp³-hybridized carbons (Fsp3) is 0.538. The molecule has 4 heteroatoms. The summed E-state index contributed by atoms with van der Waals surface area (Å²) in [5.41, 5.74) is 1.55. The minimum absolute atomic E-state index is 0.591. The Morgan fingerprint density at radius 2 is 1.88 bits per heavy atom. The van der Waals surface area contributed by atoms with E-state index in [0.29, 0.717) is 12.0 Å². The molecule has 1 rings (SSSR count). The van der Waals surface area contributed by atoms with Crippen molar-refractivity contribution in [3.05, 3.63) is 29.8 Å². The van der Waals surface area contributed by atoms with E-state index in [1.807, 2.05) is 18.2 Å². The molecule has 0 bridgehead atoms. The number of rotatable bonds is 8. The van der Waals surface area contributed by atoms with Crippen LogP contribution in [0.1, 0.15) is 38.2 Å². The summed E-state index contributed by atoms with van der Waals surface area (Å²) >= 11 is 0. The van der Waals surface area contributed by atoms with Crippen LogP contribution in [-0.4, -0.2) is 23.7 Å². The average molecular weight is 235 g/mol. The maximum atomic E-state index is 9.20. The third kappa shape index (κ3) is 5.35. The Balaban J connectivity index is 2.31. The Kier molecular flexibility index (Phi) is 6.93. The quantitative estimate of drug-likeness (QED) is 0.466. The van der Waals surface area contributed by atoms with E-state index in [1.54, 1.807) is 6.07 Å². The molecule has 0 fully saturated rings. The summed E-state index contributed by atoms with van der Waals surface area (Å²) in [6, 6.07) is 7.41. The molecule has 0 aliphatic rings. The first-order valence-electron chi connectivity index (χ1n) is 6.40. The minimum atomic E-state index is -1.38. The van der Waals surface area contributed by atoms with Gasteiger partial charge in [-0.3, -0.25) is 0 Å². The van der Waals surface area contributed by atoms with Crippen molar-refractivity contribution in [2.75, 3.05) is 6.54 Å². The van der Waals surface area contributed by atoms with Crippen LogP contribution in [0.3, 0.4) is 0 Å². The SMILES string of the molecule is CCCCCCNCc1ccccc1B(O)O. The molecule has 0 heterocycles. The van der Waals surface area contributed by atoms with E-state index in [9.17, 15) is 10.0 Å². The van der Waals surface area contributed by atoms with Crippen LogP contribution < -0.4 is 10.8 Å². The molecule has 0 aliphatic heterocycles. The van der Waals surface area contributed by atoms with Gasteiger partial charge >= 0.3 is 7.12 Å². The highest BCUT2D eigenvalue weighted by Gasteiger charge is 2.14. The van der Waals surface area contributed by atoms with Gasteiger partial charge in [0.15, 0.2) is 0 Å². The highest BCUT2D eigenvalue weighted by Crippen LogP contribution is 1.99. The molecule has 0 aromatic heterocycles. The van der Waals surface area contributed by atoms with Crippen molar-refractivity contribution in [2.45, 2.75) is 39.2 Å². The summed E-state index contributed by atoms with van der Waals surface area (Å²) in [4.78, 5) is 0. The van der Waals surface area contributed by atoms with E-state index in [2.05, 4.69) is 12.2 Å². The van der Waals surface area contributed by atoms with Crippen LogP contribution in [0.2, 0.25) is 0 Å². The van der Waals surface area contributed by atoms with Crippen LogP contribution in [0.5, 0.6) is 0 Å². The molecule has 1 aromatic carbocycles. The average Bonchev–Trinajstić information content (AvgIpc) is 2.34. The standard InChI is InChI=1S/C13H22BNO2/c1-2-3-4-7-10-15-11-12-8-5-6-9-13(12)14(16)17/h5-6,8-9,15-17H,2-4,7,10-11H2,1H3. The molecule has 17 heavy (non-hydrogen) atoms. The Hall–Kier alpha value is -0.835. The zero-order valence-electron chi connectivity index (χ0n) is 10.5. The predicted octanol–water partition coefficient (Wildman–Crippen LogP) is 1.04. The summed E-state index contributed by atoms with van der Waals surface area (Å²) < 4.78 is 0. The molecule has 0 amide bonds. The minimum Gasteiger partial charge on any atom is -0.423 e. The molecule has 1 aromatic rings. The zero-order chi connectivity index (χ0) is 12.5. The summed E-state index contributed by atoms with van der Waals surface area (Å²) in [6.45, 7) is 3.88. The van der Waals surface area contributed by atoms with Gasteiger partial charge in [0.2, 0.25) is 0 Å². The van der Waals surface area contributed by atoms with Gasteiger partial charge in [0.05, 0.1) is 0 Å². The third-order valence-electron chi connectivity index (χ3n) is 2.86. The maximum Gasteiger partial charge on any atom is 0.488 e. The molecule has 0 atom stereocenters. The van der Waals surface area contributed by atoms with E-state index < -0.39 is 7.12 Å². The first-order chi connectivity index (χ1) is 8.25. The molecule has 0 saturated heterocycles. The van der Waals surface area contributed by atoms with Gasteiger partial charge in [-0.25, -0.2) is 0 Å². The topological polar surface area (TPSA) is 52.5 Å². The Morgan fingerprint density at radius 3 is 2.59 bits per heavy atom. The van der Waals surface area contributed by atoms with Crippen LogP contribution in [0, 0.1) is 0 Å². The van der Waals surface area contributed by atoms with E-state index >= 15 is 0 Å². The Morgan fingerprint density at radius 1 is 1.12 bits per heavy atom. The number of unbranched alkanes of at least 4 members (excludes halogenated alkanes) is 3. The largest absolute Gasteiger partial charge is 0.488 e. The van der Waals surface area contributed by atoms with Crippen LogP contribution in [0.15, 0.2) is 24.3 Å². The molecule has 0 aliphatic carbocycles. The molecular formula is C13H22BNO2. The van der Waals surface area contributed by atoms with Crippen LogP contribution >= 0.6 is 0 Å². The number of nitrogens with one attached hydrogen (secondary N) is 1. The van der Waals surface area contributed by atoms with Crippen LogP contribution in [0.25, 0.3) is 0 Å². The van der Waals surface area contributed by atoms with Crippen molar-refractivity contribution in [1.82, 2.24) is 5.32 Å². The van der Waals surface area contributed by atoms with Gasteiger partial charge in [0.1, 0.15) is 0 Å². The van der Waals surface area contributed by atoms with Crippen molar-refractivity contribution < 1.29 is 10.0 Å². The van der Waals surface area contributed by atoms with E-state index in [0.717, 1.165) is 12.1 Å². The van der Waals surface area contributed by atoms with Crippen LogP contribution in [-0.2, 0) is 6.54 Å². The van der Waals surface area contributed by atoms with Crippen molar-refractivity contribution in [2.24, 2.45) is 0 Å². The molecule has 0 radical (unpaired) electrons. The van der Waals surface area contributed by atoms with Crippen molar-refractivity contribution in [3.63, 3.8) is 0 Å². The lowest BCUT2D eigenvalue weighted by Crippen LogP contribution is -2.34. The fourth-order valence-electron chi connectivity index (χ4n) is 1.85. The number of benzene rings is 1. The lowest BCUT2D eigenvalue weighted by molar-refractivity contribution is 0.425. The zero-order valence-corrected chi connectivity index (χ0v) is 10.5. The van der Waals surface area contributed by atoms with E-state index in [-0.39, 0.29) is 0 Å². The van der Waals surface area contributed by atoms with Gasteiger partial charge in [0.25, 0.3) is 0 Å². The normalized spacial score (nSPS) is 10.5. The van der Waals surface area contributed by atoms with Gasteiger partial charge in [0, 0.05) is 6.54 Å². The highest BCUT2D eigenvalue weighted by molar-refractivity contribution is 6.59. The Labute approximate surface area is 104 Å². The molecule has 0 saturated carbocycles. The third-order valence-corrected chi connectivity index (χ3v) is 2.86. The van der Waals surface area contributed by atoms with Crippen LogP contribution in [0.4, 0.5) is 0 Å². The fourth-order valence-corrected chi connectivity index (χ4v) is 1.85. The molecule has 94 valence electrons. The molecule has 0 spiro atoms. The van der Waals surface area contributed by atoms with E-state index in [4.69, 9.17) is 0 Å². The number of hydrogen-bond acceptors (Lipinski definition) is 3. The summed E-state index contributed by atoms with van der Waals surface area (Å²) in [6.07, 6.45) is 4.97. The van der Waals surface area contributed by atoms with Gasteiger partial charge < -0.3 is 15.4 Å². The maximum absolute atomic E-state index is 9.20. The van der Waals surface area contributed by atoms with Gasteiger partial charge in [-0.05, 0) is 24.0 Å². The Bertz CT molecular complexity index is 318. The predicted molar refractivity (Wildman–Crippen MR) is 72.1 cm³/mol. The monoisotopic (exact) mass is 235 g/mol. The van der Waals surface area contributed by atoms with Crippen molar-refractivity contribution in [3.8, 4) is 0 Å². The second kappa shape index (κ2) is 8.28. The molecule has 3 N–H and O–H groups in total.